The third-order valence-corrected chi connectivity index (χ3v) is 6.91. The van der Waals surface area contributed by atoms with E-state index < -0.39 is 10.0 Å². The SMILES string of the molecule is O=C1CCCCN1c1ccc(S(=O)(=O)NCCN2CCCCC2CO)cc1. The van der Waals surface area contributed by atoms with Crippen molar-refractivity contribution in [2.45, 2.75) is 49.5 Å². The Bertz CT molecular complexity index is 736. The molecule has 1 aromatic rings. The Morgan fingerprint density at radius 3 is 2.52 bits per heavy atom. The van der Waals surface area contributed by atoms with Crippen LogP contribution in [-0.2, 0) is 14.8 Å². The molecule has 2 heterocycles. The van der Waals surface area contributed by atoms with Gasteiger partial charge in [0, 0.05) is 37.8 Å². The summed E-state index contributed by atoms with van der Waals surface area (Å²) in [5.41, 5.74) is 0.748. The number of rotatable bonds is 7. The lowest BCUT2D eigenvalue weighted by molar-refractivity contribution is -0.119. The predicted octanol–water partition coefficient (Wildman–Crippen LogP) is 1.33. The van der Waals surface area contributed by atoms with Crippen LogP contribution in [0.15, 0.2) is 29.2 Å². The van der Waals surface area contributed by atoms with Crippen LogP contribution in [0.2, 0.25) is 0 Å². The van der Waals surface area contributed by atoms with Gasteiger partial charge in [0.25, 0.3) is 0 Å². The number of hydrogen-bond donors (Lipinski definition) is 2. The third-order valence-electron chi connectivity index (χ3n) is 5.43. The molecule has 0 spiro atoms. The molecule has 150 valence electrons. The molecule has 0 aromatic heterocycles. The van der Waals surface area contributed by atoms with Crippen LogP contribution in [0.3, 0.4) is 0 Å². The first-order valence-electron chi connectivity index (χ1n) is 9.76. The Labute approximate surface area is 161 Å². The second-order valence-corrected chi connectivity index (χ2v) is 9.03. The monoisotopic (exact) mass is 395 g/mol. The summed E-state index contributed by atoms with van der Waals surface area (Å²) < 4.78 is 27.7. The summed E-state index contributed by atoms with van der Waals surface area (Å²) in [6, 6.07) is 6.63. The van der Waals surface area contributed by atoms with Crippen molar-refractivity contribution in [2.75, 3.05) is 37.7 Å². The van der Waals surface area contributed by atoms with Crippen LogP contribution in [0.4, 0.5) is 5.69 Å². The summed E-state index contributed by atoms with van der Waals surface area (Å²) >= 11 is 0. The zero-order valence-corrected chi connectivity index (χ0v) is 16.5. The minimum atomic E-state index is -3.59. The van der Waals surface area contributed by atoms with Crippen LogP contribution in [0.1, 0.15) is 38.5 Å². The van der Waals surface area contributed by atoms with E-state index in [4.69, 9.17) is 0 Å². The molecule has 8 heteroatoms. The maximum Gasteiger partial charge on any atom is 0.240 e. The molecule has 2 aliphatic heterocycles. The highest BCUT2D eigenvalue weighted by molar-refractivity contribution is 7.89. The van der Waals surface area contributed by atoms with E-state index in [0.717, 1.165) is 44.3 Å². The number of carbonyl (C=O) groups excluding carboxylic acids is 1. The Balaban J connectivity index is 1.57. The Morgan fingerprint density at radius 1 is 1.07 bits per heavy atom. The van der Waals surface area contributed by atoms with Crippen LogP contribution in [0.25, 0.3) is 0 Å². The van der Waals surface area contributed by atoms with Gasteiger partial charge in [0.15, 0.2) is 0 Å². The fourth-order valence-corrected chi connectivity index (χ4v) is 4.87. The van der Waals surface area contributed by atoms with Crippen LogP contribution in [0, 0.1) is 0 Å². The van der Waals surface area contributed by atoms with Gasteiger partial charge in [-0.1, -0.05) is 6.42 Å². The molecule has 2 aliphatic rings. The highest BCUT2D eigenvalue weighted by Gasteiger charge is 2.23. The molecule has 2 fully saturated rings. The number of aliphatic hydroxyl groups is 1. The van der Waals surface area contributed by atoms with Crippen molar-refractivity contribution in [1.29, 1.82) is 0 Å². The number of aliphatic hydroxyl groups excluding tert-OH is 1. The quantitative estimate of drug-likeness (QED) is 0.727. The number of hydrogen-bond acceptors (Lipinski definition) is 5. The first-order chi connectivity index (χ1) is 13.0. The first-order valence-corrected chi connectivity index (χ1v) is 11.2. The molecule has 3 rings (SSSR count). The minimum Gasteiger partial charge on any atom is -0.395 e. The molecule has 2 N–H and O–H groups in total. The zero-order valence-electron chi connectivity index (χ0n) is 15.6. The molecular formula is C19H29N3O4S. The van der Waals surface area contributed by atoms with Gasteiger partial charge < -0.3 is 10.0 Å². The van der Waals surface area contributed by atoms with Gasteiger partial charge in [-0.3, -0.25) is 9.69 Å². The average molecular weight is 396 g/mol. The molecule has 7 nitrogen and oxygen atoms in total. The standard InChI is InChI=1S/C19H29N3O4S/c23-15-17-5-1-3-12-21(17)14-11-20-27(25,26)18-9-7-16(8-10-18)22-13-4-2-6-19(22)24/h7-10,17,20,23H,1-6,11-15H2. The molecule has 1 amide bonds. The van der Waals surface area contributed by atoms with Crippen molar-refractivity contribution >= 4 is 21.6 Å². The second-order valence-electron chi connectivity index (χ2n) is 7.26. The average Bonchev–Trinajstić information content (AvgIpc) is 2.69. The molecule has 2 saturated heterocycles. The van der Waals surface area contributed by atoms with Gasteiger partial charge in [-0.2, -0.15) is 0 Å². The number of anilines is 1. The van der Waals surface area contributed by atoms with Crippen LogP contribution in [-0.4, -0.2) is 63.2 Å². The summed E-state index contributed by atoms with van der Waals surface area (Å²) in [6.07, 6.45) is 5.59. The summed E-state index contributed by atoms with van der Waals surface area (Å²) in [5, 5.41) is 9.44. The summed E-state index contributed by atoms with van der Waals surface area (Å²) in [6.45, 7) is 2.59. The summed E-state index contributed by atoms with van der Waals surface area (Å²) in [4.78, 5) is 16.1. The van der Waals surface area contributed by atoms with Crippen molar-refractivity contribution in [3.63, 3.8) is 0 Å². The van der Waals surface area contributed by atoms with E-state index in [1.54, 1.807) is 29.2 Å². The van der Waals surface area contributed by atoms with E-state index in [0.29, 0.717) is 26.1 Å². The molecular weight excluding hydrogens is 366 g/mol. The molecule has 1 atom stereocenters. The zero-order chi connectivity index (χ0) is 19.3. The van der Waals surface area contributed by atoms with Gasteiger partial charge in [0.1, 0.15) is 0 Å². The van der Waals surface area contributed by atoms with E-state index in [9.17, 15) is 18.3 Å². The molecule has 0 bridgehead atoms. The van der Waals surface area contributed by atoms with E-state index in [1.165, 1.54) is 0 Å². The molecule has 1 aromatic carbocycles. The third kappa shape index (κ3) is 5.07. The fraction of sp³-hybridized carbons (Fsp3) is 0.632. The highest BCUT2D eigenvalue weighted by atomic mass is 32.2. The number of sulfonamides is 1. The lowest BCUT2D eigenvalue weighted by atomic mass is 10.0. The van der Waals surface area contributed by atoms with Gasteiger partial charge in [-0.25, -0.2) is 13.1 Å². The highest BCUT2D eigenvalue weighted by Crippen LogP contribution is 2.22. The first kappa shape index (κ1) is 20.3. The summed E-state index contributed by atoms with van der Waals surface area (Å²) in [7, 11) is -3.59. The smallest absolute Gasteiger partial charge is 0.240 e. The van der Waals surface area contributed by atoms with Crippen LogP contribution in [0.5, 0.6) is 0 Å². The van der Waals surface area contributed by atoms with Gasteiger partial charge in [-0.15, -0.1) is 0 Å². The van der Waals surface area contributed by atoms with Gasteiger partial charge in [0.2, 0.25) is 15.9 Å². The molecule has 0 aliphatic carbocycles. The lowest BCUT2D eigenvalue weighted by Gasteiger charge is -2.34. The number of amides is 1. The number of carbonyl (C=O) groups is 1. The van der Waals surface area contributed by atoms with Gasteiger partial charge >= 0.3 is 0 Å². The normalized spacial score (nSPS) is 22.2. The fourth-order valence-electron chi connectivity index (χ4n) is 3.85. The van der Waals surface area contributed by atoms with Crippen LogP contribution < -0.4 is 9.62 Å². The summed E-state index contributed by atoms with van der Waals surface area (Å²) in [5.74, 6) is 0.0925. The number of likely N-dealkylation sites (tertiary alicyclic amines) is 1. The minimum absolute atomic E-state index is 0.0925. The molecule has 0 radical (unpaired) electrons. The molecule has 0 saturated carbocycles. The van der Waals surface area contributed by atoms with E-state index in [1.807, 2.05) is 0 Å². The van der Waals surface area contributed by atoms with Gasteiger partial charge in [-0.05, 0) is 56.5 Å². The van der Waals surface area contributed by atoms with Crippen molar-refractivity contribution in [3.8, 4) is 0 Å². The Hall–Kier alpha value is -1.48. The van der Waals surface area contributed by atoms with Crippen molar-refractivity contribution < 1.29 is 18.3 Å². The van der Waals surface area contributed by atoms with Crippen molar-refractivity contribution in [3.05, 3.63) is 24.3 Å². The van der Waals surface area contributed by atoms with Gasteiger partial charge in [0.05, 0.1) is 11.5 Å². The predicted molar refractivity (Wildman–Crippen MR) is 104 cm³/mol. The largest absolute Gasteiger partial charge is 0.395 e. The Morgan fingerprint density at radius 2 is 1.81 bits per heavy atom. The number of benzene rings is 1. The van der Waals surface area contributed by atoms with Crippen molar-refractivity contribution in [2.24, 2.45) is 0 Å². The second kappa shape index (κ2) is 9.14. The number of nitrogens with zero attached hydrogens (tertiary/aromatic N) is 2. The lowest BCUT2D eigenvalue weighted by Crippen LogP contribution is -2.45. The molecule has 27 heavy (non-hydrogen) atoms. The molecule has 1 unspecified atom stereocenters. The topological polar surface area (TPSA) is 90.0 Å². The number of piperidine rings is 2. The maximum absolute atomic E-state index is 12.5. The number of nitrogens with one attached hydrogen (secondary N) is 1. The van der Waals surface area contributed by atoms with Crippen molar-refractivity contribution in [1.82, 2.24) is 9.62 Å². The van der Waals surface area contributed by atoms with E-state index >= 15 is 0 Å². The Kier molecular flexibility index (Phi) is 6.86. The van der Waals surface area contributed by atoms with E-state index in [2.05, 4.69) is 9.62 Å². The van der Waals surface area contributed by atoms with E-state index in [-0.39, 0.29) is 23.5 Å². The maximum atomic E-state index is 12.5. The van der Waals surface area contributed by atoms with Crippen LogP contribution >= 0.6 is 0 Å².